The highest BCUT2D eigenvalue weighted by atomic mass is 16.5. The number of benzene rings is 1. The van der Waals surface area contributed by atoms with E-state index in [4.69, 9.17) is 9.47 Å². The smallest absolute Gasteiger partial charge is 0.242 e. The third-order valence-electron chi connectivity index (χ3n) is 2.44. The monoisotopic (exact) mass is 248 g/mol. The molecule has 1 heterocycles. The van der Waals surface area contributed by atoms with Gasteiger partial charge < -0.3 is 14.8 Å². The summed E-state index contributed by atoms with van der Waals surface area (Å²) >= 11 is 0. The Balaban J connectivity index is 2.13. The van der Waals surface area contributed by atoms with Crippen molar-refractivity contribution in [2.75, 3.05) is 32.7 Å². The second-order valence-corrected chi connectivity index (χ2v) is 3.63. The predicted octanol–water partition coefficient (Wildman–Crippen LogP) is 1.54. The van der Waals surface area contributed by atoms with E-state index in [2.05, 4.69) is 20.5 Å². The van der Waals surface area contributed by atoms with Crippen LogP contribution in [-0.2, 0) is 4.74 Å². The molecule has 2 N–H and O–H groups in total. The number of ether oxygens (including phenoxy) is 2. The molecule has 1 aromatic heterocycles. The number of nitrogens with zero attached hydrogens (tertiary/aromatic N) is 2. The topological polar surface area (TPSA) is 72.1 Å². The molecule has 0 aliphatic rings. The normalized spacial score (nSPS) is 10.3. The number of hydrogen-bond donors (Lipinski definition) is 2. The minimum absolute atomic E-state index is 0.549. The maximum atomic E-state index is 5.28. The molecule has 6 nitrogen and oxygen atoms in total. The first-order chi connectivity index (χ1) is 8.85. The summed E-state index contributed by atoms with van der Waals surface area (Å²) in [4.78, 5) is 4.35. The Bertz CT molecular complexity index is 498. The van der Waals surface area contributed by atoms with E-state index in [1.54, 1.807) is 14.2 Å². The Kier molecular flexibility index (Phi) is 4.14. The van der Waals surface area contributed by atoms with E-state index in [1.807, 2.05) is 24.3 Å². The number of para-hydroxylation sites is 1. The molecule has 0 radical (unpaired) electrons. The van der Waals surface area contributed by atoms with Crippen molar-refractivity contribution < 1.29 is 9.47 Å². The average Bonchev–Trinajstić information content (AvgIpc) is 2.88. The fourth-order valence-corrected chi connectivity index (χ4v) is 1.57. The third kappa shape index (κ3) is 2.78. The Hall–Kier alpha value is -2.08. The van der Waals surface area contributed by atoms with Gasteiger partial charge in [0.15, 0.2) is 5.82 Å². The number of hydrogen-bond acceptors (Lipinski definition) is 5. The lowest BCUT2D eigenvalue weighted by Crippen LogP contribution is -2.08. The fourth-order valence-electron chi connectivity index (χ4n) is 1.57. The molecular weight excluding hydrogens is 232 g/mol. The Morgan fingerprint density at radius 3 is 2.89 bits per heavy atom. The van der Waals surface area contributed by atoms with Gasteiger partial charge in [-0.05, 0) is 12.1 Å². The van der Waals surface area contributed by atoms with Gasteiger partial charge in [-0.25, -0.2) is 0 Å². The van der Waals surface area contributed by atoms with Crippen LogP contribution in [0.25, 0.3) is 11.4 Å². The summed E-state index contributed by atoms with van der Waals surface area (Å²) in [5.74, 6) is 1.98. The molecule has 0 unspecified atom stereocenters. The van der Waals surface area contributed by atoms with Crippen molar-refractivity contribution in [2.45, 2.75) is 0 Å². The molecule has 0 atom stereocenters. The van der Waals surface area contributed by atoms with Crippen LogP contribution in [0.3, 0.4) is 0 Å². The Labute approximate surface area is 105 Å². The van der Waals surface area contributed by atoms with E-state index < -0.39 is 0 Å². The molecule has 2 rings (SSSR count). The van der Waals surface area contributed by atoms with Gasteiger partial charge in [-0.3, -0.25) is 5.10 Å². The first kappa shape index (κ1) is 12.4. The highest BCUT2D eigenvalue weighted by Crippen LogP contribution is 2.26. The summed E-state index contributed by atoms with van der Waals surface area (Å²) < 4.78 is 10.2. The highest BCUT2D eigenvalue weighted by Gasteiger charge is 2.09. The number of aromatic nitrogens is 3. The first-order valence-corrected chi connectivity index (χ1v) is 5.63. The number of anilines is 1. The summed E-state index contributed by atoms with van der Waals surface area (Å²) in [6.45, 7) is 1.28. The maximum absolute atomic E-state index is 5.28. The second-order valence-electron chi connectivity index (χ2n) is 3.63. The van der Waals surface area contributed by atoms with Crippen molar-refractivity contribution >= 4 is 5.95 Å². The van der Waals surface area contributed by atoms with Crippen molar-refractivity contribution in [3.63, 3.8) is 0 Å². The first-order valence-electron chi connectivity index (χ1n) is 5.63. The van der Waals surface area contributed by atoms with Crippen molar-refractivity contribution in [3.05, 3.63) is 24.3 Å². The molecule has 6 heteroatoms. The minimum atomic E-state index is 0.549. The van der Waals surface area contributed by atoms with E-state index >= 15 is 0 Å². The number of H-pyrrole nitrogens is 1. The summed E-state index contributed by atoms with van der Waals surface area (Å²) in [7, 11) is 3.28. The Morgan fingerprint density at radius 2 is 2.11 bits per heavy atom. The fraction of sp³-hybridized carbons (Fsp3) is 0.333. The van der Waals surface area contributed by atoms with Crippen LogP contribution in [0.4, 0.5) is 5.95 Å². The van der Waals surface area contributed by atoms with Gasteiger partial charge in [0.05, 0.1) is 19.3 Å². The van der Waals surface area contributed by atoms with Crippen LogP contribution in [0.5, 0.6) is 5.75 Å². The molecule has 1 aromatic carbocycles. The molecule has 0 amide bonds. The minimum Gasteiger partial charge on any atom is -0.496 e. The zero-order valence-corrected chi connectivity index (χ0v) is 10.4. The Morgan fingerprint density at radius 1 is 1.28 bits per heavy atom. The van der Waals surface area contributed by atoms with Crippen LogP contribution in [0.2, 0.25) is 0 Å². The molecule has 96 valence electrons. The number of aromatic amines is 1. The van der Waals surface area contributed by atoms with Gasteiger partial charge in [-0.15, -0.1) is 5.10 Å². The van der Waals surface area contributed by atoms with E-state index in [0.29, 0.717) is 24.9 Å². The number of rotatable bonds is 6. The van der Waals surface area contributed by atoms with E-state index in [0.717, 1.165) is 11.3 Å². The number of methoxy groups -OCH3 is 2. The van der Waals surface area contributed by atoms with Crippen molar-refractivity contribution in [2.24, 2.45) is 0 Å². The second kappa shape index (κ2) is 6.02. The van der Waals surface area contributed by atoms with Crippen LogP contribution in [0, 0.1) is 0 Å². The quantitative estimate of drug-likeness (QED) is 0.759. The molecular formula is C12H16N4O2. The number of nitrogens with one attached hydrogen (secondary N) is 2. The van der Waals surface area contributed by atoms with Gasteiger partial charge in [-0.2, -0.15) is 4.98 Å². The molecule has 0 fully saturated rings. The summed E-state index contributed by atoms with van der Waals surface area (Å²) in [6, 6.07) is 7.66. The van der Waals surface area contributed by atoms with E-state index in [1.165, 1.54) is 0 Å². The predicted molar refractivity (Wildman–Crippen MR) is 68.7 cm³/mol. The lowest BCUT2D eigenvalue weighted by Gasteiger charge is -2.04. The largest absolute Gasteiger partial charge is 0.496 e. The molecule has 0 saturated heterocycles. The van der Waals surface area contributed by atoms with Crippen LogP contribution in [0.15, 0.2) is 24.3 Å². The van der Waals surface area contributed by atoms with Crippen LogP contribution >= 0.6 is 0 Å². The maximum Gasteiger partial charge on any atom is 0.242 e. The lowest BCUT2D eigenvalue weighted by atomic mass is 10.2. The molecule has 2 aromatic rings. The average molecular weight is 248 g/mol. The highest BCUT2D eigenvalue weighted by molar-refractivity contribution is 5.64. The summed E-state index contributed by atoms with van der Waals surface area (Å²) in [6.07, 6.45) is 0. The lowest BCUT2D eigenvalue weighted by molar-refractivity contribution is 0.210. The zero-order valence-electron chi connectivity index (χ0n) is 10.4. The van der Waals surface area contributed by atoms with Gasteiger partial charge >= 0.3 is 0 Å². The van der Waals surface area contributed by atoms with Gasteiger partial charge in [-0.1, -0.05) is 12.1 Å². The standard InChI is InChI=1S/C12H16N4O2/c1-17-8-7-13-12-14-11(15-16-12)9-5-3-4-6-10(9)18-2/h3-6H,7-8H2,1-2H3,(H2,13,14,15,16). The van der Waals surface area contributed by atoms with Gasteiger partial charge in [0.1, 0.15) is 5.75 Å². The summed E-state index contributed by atoms with van der Waals surface area (Å²) in [5.41, 5.74) is 0.882. The molecule has 0 aliphatic heterocycles. The van der Waals surface area contributed by atoms with Crippen molar-refractivity contribution in [3.8, 4) is 17.1 Å². The van der Waals surface area contributed by atoms with Crippen molar-refractivity contribution in [1.82, 2.24) is 15.2 Å². The van der Waals surface area contributed by atoms with E-state index in [-0.39, 0.29) is 0 Å². The summed E-state index contributed by atoms with van der Waals surface area (Å²) in [5, 5.41) is 10.0. The van der Waals surface area contributed by atoms with Gasteiger partial charge in [0, 0.05) is 13.7 Å². The molecule has 0 bridgehead atoms. The SMILES string of the molecule is COCCNc1n[nH]c(-c2ccccc2OC)n1. The van der Waals surface area contributed by atoms with Crippen LogP contribution in [0.1, 0.15) is 0 Å². The van der Waals surface area contributed by atoms with Gasteiger partial charge in [0.2, 0.25) is 5.95 Å². The third-order valence-corrected chi connectivity index (χ3v) is 2.44. The molecule has 0 saturated carbocycles. The molecule has 18 heavy (non-hydrogen) atoms. The van der Waals surface area contributed by atoms with E-state index in [9.17, 15) is 0 Å². The van der Waals surface area contributed by atoms with Crippen molar-refractivity contribution in [1.29, 1.82) is 0 Å². The van der Waals surface area contributed by atoms with Crippen LogP contribution < -0.4 is 10.1 Å². The zero-order chi connectivity index (χ0) is 12.8. The molecule has 0 aliphatic carbocycles. The van der Waals surface area contributed by atoms with Gasteiger partial charge in [0.25, 0.3) is 0 Å². The molecule has 0 spiro atoms. The van der Waals surface area contributed by atoms with Crippen LogP contribution in [-0.4, -0.2) is 42.6 Å².